The molecule has 0 aliphatic carbocycles. The van der Waals surface area contributed by atoms with E-state index < -0.39 is 0 Å². The second kappa shape index (κ2) is 7.17. The predicted molar refractivity (Wildman–Crippen MR) is 122 cm³/mol. The van der Waals surface area contributed by atoms with Crippen LogP contribution in [0.5, 0.6) is 5.88 Å². The van der Waals surface area contributed by atoms with Crippen LogP contribution in [-0.2, 0) is 5.54 Å². The highest BCUT2D eigenvalue weighted by molar-refractivity contribution is 5.94. The number of hydrogen-bond acceptors (Lipinski definition) is 6. The first-order valence-corrected chi connectivity index (χ1v) is 10.2. The molecule has 0 spiro atoms. The molecule has 8 heteroatoms. The van der Waals surface area contributed by atoms with Crippen molar-refractivity contribution in [2.45, 2.75) is 26.3 Å². The van der Waals surface area contributed by atoms with Gasteiger partial charge in [0, 0.05) is 29.1 Å². The van der Waals surface area contributed by atoms with Crippen molar-refractivity contribution in [3.05, 3.63) is 54.7 Å². The summed E-state index contributed by atoms with van der Waals surface area (Å²) in [7, 11) is 1.49. The van der Waals surface area contributed by atoms with Crippen molar-refractivity contribution in [1.82, 2.24) is 29.5 Å². The molecule has 0 bridgehead atoms. The standard InChI is InChI=1S/C24H21N7O/c1-24(2,3)31-13-29-18-6-5-14(8-20(18)31)17-11-26-22-21(17)30-19(12-27-22)16-7-15(9-25)23(32-4)28-10-16/h5-8,10-13H,1-4H3,(H,26,27). The maximum Gasteiger partial charge on any atom is 0.231 e. The predicted octanol–water partition coefficient (Wildman–Crippen LogP) is 4.67. The van der Waals surface area contributed by atoms with Gasteiger partial charge < -0.3 is 14.3 Å². The van der Waals surface area contributed by atoms with Crippen LogP contribution < -0.4 is 4.74 Å². The van der Waals surface area contributed by atoms with Gasteiger partial charge in [-0.25, -0.2) is 19.9 Å². The summed E-state index contributed by atoms with van der Waals surface area (Å²) in [6, 6.07) is 10.0. The topological polar surface area (TPSA) is 105 Å². The van der Waals surface area contributed by atoms with Crippen LogP contribution in [0.4, 0.5) is 0 Å². The molecule has 5 rings (SSSR count). The van der Waals surface area contributed by atoms with Gasteiger partial charge in [0.25, 0.3) is 0 Å². The van der Waals surface area contributed by atoms with Crippen molar-refractivity contribution in [2.75, 3.05) is 7.11 Å². The summed E-state index contributed by atoms with van der Waals surface area (Å²) in [5.74, 6) is 0.288. The Hall–Kier alpha value is -4.25. The number of nitrogens with one attached hydrogen (secondary N) is 1. The number of imidazole rings is 1. The van der Waals surface area contributed by atoms with Gasteiger partial charge in [0.05, 0.1) is 36.4 Å². The summed E-state index contributed by atoms with van der Waals surface area (Å²) in [4.78, 5) is 21.3. The number of nitriles is 1. The number of fused-ring (bicyclic) bond motifs is 2. The minimum atomic E-state index is -0.0830. The van der Waals surface area contributed by atoms with E-state index in [4.69, 9.17) is 9.72 Å². The molecule has 1 N–H and O–H groups in total. The summed E-state index contributed by atoms with van der Waals surface area (Å²) < 4.78 is 7.31. The molecule has 0 amide bonds. The summed E-state index contributed by atoms with van der Waals surface area (Å²) in [6.07, 6.45) is 7.10. The Morgan fingerprint density at radius 1 is 1.06 bits per heavy atom. The minimum absolute atomic E-state index is 0.0830. The van der Waals surface area contributed by atoms with Gasteiger partial charge in [0.15, 0.2) is 5.65 Å². The van der Waals surface area contributed by atoms with E-state index in [1.54, 1.807) is 18.5 Å². The first-order valence-electron chi connectivity index (χ1n) is 10.2. The highest BCUT2D eigenvalue weighted by atomic mass is 16.5. The zero-order valence-corrected chi connectivity index (χ0v) is 18.2. The lowest BCUT2D eigenvalue weighted by Crippen LogP contribution is -2.20. The molecule has 0 saturated heterocycles. The Kier molecular flexibility index (Phi) is 4.41. The second-order valence-electron chi connectivity index (χ2n) is 8.54. The molecular weight excluding hydrogens is 402 g/mol. The van der Waals surface area contributed by atoms with E-state index in [0.717, 1.165) is 27.7 Å². The number of rotatable bonds is 3. The second-order valence-corrected chi connectivity index (χ2v) is 8.54. The Morgan fingerprint density at radius 2 is 1.91 bits per heavy atom. The molecule has 4 aromatic heterocycles. The van der Waals surface area contributed by atoms with Crippen LogP contribution in [0.15, 0.2) is 49.2 Å². The lowest BCUT2D eigenvalue weighted by Gasteiger charge is -2.21. The lowest BCUT2D eigenvalue weighted by molar-refractivity contribution is 0.396. The average Bonchev–Trinajstić information content (AvgIpc) is 3.41. The molecule has 5 aromatic rings. The monoisotopic (exact) mass is 423 g/mol. The van der Waals surface area contributed by atoms with Crippen molar-refractivity contribution in [3.63, 3.8) is 0 Å². The average molecular weight is 423 g/mol. The van der Waals surface area contributed by atoms with Crippen molar-refractivity contribution in [3.8, 4) is 34.3 Å². The van der Waals surface area contributed by atoms with Gasteiger partial charge in [-0.2, -0.15) is 5.26 Å². The lowest BCUT2D eigenvalue weighted by atomic mass is 10.1. The zero-order valence-electron chi connectivity index (χ0n) is 18.2. The Bertz CT molecular complexity index is 1520. The maximum atomic E-state index is 9.38. The van der Waals surface area contributed by atoms with E-state index in [-0.39, 0.29) is 11.4 Å². The number of nitrogens with zero attached hydrogens (tertiary/aromatic N) is 6. The molecule has 8 nitrogen and oxygen atoms in total. The number of aromatic amines is 1. The molecule has 0 fully saturated rings. The molecule has 4 heterocycles. The first kappa shape index (κ1) is 19.7. The fraction of sp³-hybridized carbons (Fsp3) is 0.208. The van der Waals surface area contributed by atoms with Gasteiger partial charge in [-0.15, -0.1) is 0 Å². The van der Waals surface area contributed by atoms with Gasteiger partial charge >= 0.3 is 0 Å². The van der Waals surface area contributed by atoms with Crippen LogP contribution in [0.1, 0.15) is 26.3 Å². The molecular formula is C24H21N7O. The minimum Gasteiger partial charge on any atom is -0.480 e. The largest absolute Gasteiger partial charge is 0.480 e. The number of methoxy groups -OCH3 is 1. The molecule has 158 valence electrons. The third kappa shape index (κ3) is 3.15. The summed E-state index contributed by atoms with van der Waals surface area (Å²) in [6.45, 7) is 6.47. The number of benzene rings is 1. The smallest absolute Gasteiger partial charge is 0.231 e. The van der Waals surface area contributed by atoms with Crippen LogP contribution in [0, 0.1) is 11.3 Å². The van der Waals surface area contributed by atoms with E-state index in [1.165, 1.54) is 7.11 Å². The molecule has 0 radical (unpaired) electrons. The van der Waals surface area contributed by atoms with Crippen molar-refractivity contribution < 1.29 is 4.74 Å². The van der Waals surface area contributed by atoms with E-state index >= 15 is 0 Å². The molecule has 0 aliphatic rings. The van der Waals surface area contributed by atoms with Crippen molar-refractivity contribution >= 4 is 22.2 Å². The van der Waals surface area contributed by atoms with Crippen LogP contribution in [0.3, 0.4) is 0 Å². The van der Waals surface area contributed by atoms with Crippen molar-refractivity contribution in [1.29, 1.82) is 5.26 Å². The molecule has 1 aromatic carbocycles. The van der Waals surface area contributed by atoms with Crippen LogP contribution in [-0.4, -0.2) is 36.6 Å². The summed E-state index contributed by atoms with van der Waals surface area (Å²) in [5, 5.41) is 9.38. The fourth-order valence-electron chi connectivity index (χ4n) is 3.80. The van der Waals surface area contributed by atoms with Gasteiger partial charge in [0.2, 0.25) is 5.88 Å². The maximum absolute atomic E-state index is 9.38. The highest BCUT2D eigenvalue weighted by Crippen LogP contribution is 2.32. The van der Waals surface area contributed by atoms with E-state index in [2.05, 4.69) is 57.4 Å². The van der Waals surface area contributed by atoms with Crippen molar-refractivity contribution in [2.24, 2.45) is 0 Å². The first-order chi connectivity index (χ1) is 15.4. The molecule has 0 aliphatic heterocycles. The third-order valence-corrected chi connectivity index (χ3v) is 5.42. The number of aromatic nitrogens is 6. The van der Waals surface area contributed by atoms with E-state index in [0.29, 0.717) is 22.5 Å². The van der Waals surface area contributed by atoms with E-state index in [9.17, 15) is 5.26 Å². The molecule has 0 unspecified atom stereocenters. The Morgan fingerprint density at radius 3 is 2.66 bits per heavy atom. The number of hydrogen-bond donors (Lipinski definition) is 1. The van der Waals surface area contributed by atoms with Gasteiger partial charge in [-0.1, -0.05) is 6.07 Å². The molecule has 32 heavy (non-hydrogen) atoms. The van der Waals surface area contributed by atoms with Crippen LogP contribution in [0.2, 0.25) is 0 Å². The Balaban J connectivity index is 1.65. The number of pyridine rings is 1. The highest BCUT2D eigenvalue weighted by Gasteiger charge is 2.18. The van der Waals surface area contributed by atoms with Crippen LogP contribution >= 0.6 is 0 Å². The van der Waals surface area contributed by atoms with Gasteiger partial charge in [-0.3, -0.25) is 0 Å². The third-order valence-electron chi connectivity index (χ3n) is 5.42. The van der Waals surface area contributed by atoms with Gasteiger partial charge in [0.1, 0.15) is 17.1 Å². The van der Waals surface area contributed by atoms with E-state index in [1.807, 2.05) is 24.7 Å². The SMILES string of the molecule is COc1ncc(-c2cnc3[nH]cc(-c4ccc5ncn(C(C)(C)C)c5c4)c3n2)cc1C#N. The summed E-state index contributed by atoms with van der Waals surface area (Å²) >= 11 is 0. The quantitative estimate of drug-likeness (QED) is 0.452. The normalized spacial score (nSPS) is 11.7. The summed E-state index contributed by atoms with van der Waals surface area (Å²) in [5.41, 5.74) is 7.01. The number of H-pyrrole nitrogens is 1. The molecule has 0 atom stereocenters. The zero-order chi connectivity index (χ0) is 22.5. The number of ether oxygens (including phenoxy) is 1. The Labute approximate surface area is 184 Å². The van der Waals surface area contributed by atoms with Crippen LogP contribution in [0.25, 0.3) is 44.6 Å². The van der Waals surface area contributed by atoms with Gasteiger partial charge in [-0.05, 0) is 44.5 Å². The fourth-order valence-corrected chi connectivity index (χ4v) is 3.80. The molecule has 0 saturated carbocycles.